The molecule has 0 fully saturated rings. The molecule has 1 aromatic carbocycles. The summed E-state index contributed by atoms with van der Waals surface area (Å²) in [5.41, 5.74) is 2.33. The Balaban J connectivity index is 2.23. The maximum Gasteiger partial charge on any atom is 0.225 e. The number of hydrogen-bond acceptors (Lipinski definition) is 6. The molecule has 0 amide bonds. The van der Waals surface area contributed by atoms with Crippen LogP contribution in [0.25, 0.3) is 21.3 Å². The average Bonchev–Trinajstić information content (AvgIpc) is 3.06. The molecule has 0 bridgehead atoms. The van der Waals surface area contributed by atoms with Gasteiger partial charge in [-0.05, 0) is 35.7 Å². The molecule has 5 nitrogen and oxygen atoms in total. The zero-order valence-corrected chi connectivity index (χ0v) is 19.3. The lowest BCUT2D eigenvalue weighted by Gasteiger charge is -2.24. The summed E-state index contributed by atoms with van der Waals surface area (Å²) in [7, 11) is 3.40. The first kappa shape index (κ1) is 21.5. The molecular weight excluding hydrogens is 462 g/mol. The number of fused-ring (bicyclic) bond motifs is 1. The van der Waals surface area contributed by atoms with Crippen LogP contribution in [0.15, 0.2) is 28.7 Å². The predicted octanol–water partition coefficient (Wildman–Crippen LogP) is 5.44. The van der Waals surface area contributed by atoms with Crippen molar-refractivity contribution in [2.45, 2.75) is 13.3 Å². The molecule has 0 spiro atoms. The quantitative estimate of drug-likeness (QED) is 0.379. The molecule has 2 heterocycles. The number of aromatic nitrogens is 2. The van der Waals surface area contributed by atoms with Gasteiger partial charge in [0.05, 0.1) is 18.6 Å². The third-order valence-electron chi connectivity index (χ3n) is 4.46. The van der Waals surface area contributed by atoms with Gasteiger partial charge < -0.3 is 14.4 Å². The smallest absolute Gasteiger partial charge is 0.225 e. The van der Waals surface area contributed by atoms with E-state index in [-0.39, 0.29) is 5.28 Å². The highest BCUT2D eigenvalue weighted by atomic mass is 79.9. The molecule has 150 valence electrons. The number of nitrogens with zero attached hydrogens (tertiary/aromatic N) is 3. The van der Waals surface area contributed by atoms with Gasteiger partial charge in [0.2, 0.25) is 5.28 Å². The summed E-state index contributed by atoms with van der Waals surface area (Å²) in [4.78, 5) is 13.5. The second-order valence-corrected chi connectivity index (χ2v) is 8.57. The highest BCUT2D eigenvalue weighted by Gasteiger charge is 2.22. The molecule has 0 aliphatic carbocycles. The Morgan fingerprint density at radius 3 is 2.29 bits per heavy atom. The van der Waals surface area contributed by atoms with E-state index in [0.29, 0.717) is 26.3 Å². The maximum atomic E-state index is 6.30. The van der Waals surface area contributed by atoms with Crippen LogP contribution >= 0.6 is 38.9 Å². The minimum atomic E-state index is 0.258. The molecule has 3 aromatic rings. The van der Waals surface area contributed by atoms with Gasteiger partial charge in [-0.3, -0.25) is 0 Å². The number of ether oxygens (including phenoxy) is 2. The normalized spacial score (nSPS) is 11.3. The molecule has 2 aromatic heterocycles. The Hall–Kier alpha value is -1.25. The van der Waals surface area contributed by atoms with Crippen LogP contribution in [-0.4, -0.2) is 50.5 Å². The maximum absolute atomic E-state index is 6.30. The van der Waals surface area contributed by atoms with E-state index in [4.69, 9.17) is 21.1 Å². The number of anilines is 1. The standard InChI is InChI=1S/C20H23BrClN3O2S/c1-4-15-16(13-5-7-14(21)8-6-13)17-18(23-20(22)24-19(17)28-15)25(9-11-26-2)10-12-27-3/h5-8H,4,9-12H2,1-3H3. The summed E-state index contributed by atoms with van der Waals surface area (Å²) in [6, 6.07) is 8.36. The molecular formula is C20H23BrClN3O2S. The molecule has 3 rings (SSSR count). The van der Waals surface area contributed by atoms with Crippen molar-refractivity contribution in [3.05, 3.63) is 38.9 Å². The van der Waals surface area contributed by atoms with E-state index in [1.807, 2.05) is 0 Å². The minimum absolute atomic E-state index is 0.258. The topological polar surface area (TPSA) is 47.5 Å². The lowest BCUT2D eigenvalue weighted by Crippen LogP contribution is -2.31. The van der Waals surface area contributed by atoms with E-state index in [0.717, 1.165) is 32.5 Å². The lowest BCUT2D eigenvalue weighted by molar-refractivity contribution is 0.190. The third-order valence-corrected chi connectivity index (χ3v) is 6.39. The summed E-state index contributed by atoms with van der Waals surface area (Å²) < 4.78 is 11.7. The molecule has 8 heteroatoms. The van der Waals surface area contributed by atoms with Gasteiger partial charge >= 0.3 is 0 Å². The first-order chi connectivity index (χ1) is 13.6. The molecule has 28 heavy (non-hydrogen) atoms. The molecule has 0 aliphatic rings. The van der Waals surface area contributed by atoms with Gasteiger partial charge in [0, 0.05) is 42.2 Å². The fourth-order valence-corrected chi connectivity index (χ4v) is 4.74. The van der Waals surface area contributed by atoms with E-state index in [1.54, 1.807) is 25.6 Å². The minimum Gasteiger partial charge on any atom is -0.383 e. The van der Waals surface area contributed by atoms with Crippen LogP contribution in [0, 0.1) is 0 Å². The van der Waals surface area contributed by atoms with E-state index < -0.39 is 0 Å². The van der Waals surface area contributed by atoms with Crippen molar-refractivity contribution >= 4 is 54.9 Å². The van der Waals surface area contributed by atoms with Crippen LogP contribution in [-0.2, 0) is 15.9 Å². The number of halogens is 2. The van der Waals surface area contributed by atoms with Crippen LogP contribution in [0.5, 0.6) is 0 Å². The van der Waals surface area contributed by atoms with E-state index in [1.165, 1.54) is 10.4 Å². The summed E-state index contributed by atoms with van der Waals surface area (Å²) >= 11 is 11.5. The second kappa shape index (κ2) is 9.98. The summed E-state index contributed by atoms with van der Waals surface area (Å²) in [5.74, 6) is 0.831. The van der Waals surface area contributed by atoms with E-state index >= 15 is 0 Å². The largest absolute Gasteiger partial charge is 0.383 e. The first-order valence-electron chi connectivity index (χ1n) is 9.06. The van der Waals surface area contributed by atoms with Crippen LogP contribution in [0.2, 0.25) is 5.28 Å². The molecule has 0 saturated carbocycles. The molecule has 0 saturated heterocycles. The zero-order valence-electron chi connectivity index (χ0n) is 16.2. The van der Waals surface area contributed by atoms with Crippen molar-refractivity contribution < 1.29 is 9.47 Å². The zero-order chi connectivity index (χ0) is 20.1. The Kier molecular flexibility index (Phi) is 7.65. The fraction of sp³-hybridized carbons (Fsp3) is 0.400. The fourth-order valence-electron chi connectivity index (χ4n) is 3.13. The molecule has 0 unspecified atom stereocenters. The number of thiophene rings is 1. The van der Waals surface area contributed by atoms with Gasteiger partial charge in [-0.1, -0.05) is 35.0 Å². The van der Waals surface area contributed by atoms with Crippen molar-refractivity contribution in [1.82, 2.24) is 9.97 Å². The predicted molar refractivity (Wildman–Crippen MR) is 121 cm³/mol. The average molecular weight is 485 g/mol. The number of hydrogen-bond donors (Lipinski definition) is 0. The van der Waals surface area contributed by atoms with Gasteiger partial charge in [-0.25, -0.2) is 4.98 Å². The van der Waals surface area contributed by atoms with E-state index in [2.05, 4.69) is 62.0 Å². The van der Waals surface area contributed by atoms with Crippen molar-refractivity contribution in [3.8, 4) is 11.1 Å². The Morgan fingerprint density at radius 2 is 1.71 bits per heavy atom. The number of benzene rings is 1. The van der Waals surface area contributed by atoms with E-state index in [9.17, 15) is 0 Å². The third kappa shape index (κ3) is 4.66. The van der Waals surface area contributed by atoms with Crippen molar-refractivity contribution in [1.29, 1.82) is 0 Å². The monoisotopic (exact) mass is 483 g/mol. The SMILES string of the molecule is CCc1sc2nc(Cl)nc(N(CCOC)CCOC)c2c1-c1ccc(Br)cc1. The van der Waals surface area contributed by atoms with Crippen LogP contribution in [0.4, 0.5) is 5.82 Å². The Labute approximate surface area is 182 Å². The van der Waals surface area contributed by atoms with Gasteiger partial charge in [-0.2, -0.15) is 4.98 Å². The lowest BCUT2D eigenvalue weighted by atomic mass is 10.0. The Morgan fingerprint density at radius 1 is 1.07 bits per heavy atom. The number of rotatable bonds is 9. The highest BCUT2D eigenvalue weighted by Crippen LogP contribution is 2.43. The molecule has 0 N–H and O–H groups in total. The van der Waals surface area contributed by atoms with Gasteiger partial charge in [0.25, 0.3) is 0 Å². The summed E-state index contributed by atoms with van der Waals surface area (Å²) in [6.45, 7) is 4.73. The van der Waals surface area contributed by atoms with Crippen molar-refractivity contribution in [2.75, 3.05) is 45.4 Å². The van der Waals surface area contributed by atoms with Crippen LogP contribution < -0.4 is 4.90 Å². The Bertz CT molecular complexity index is 925. The van der Waals surface area contributed by atoms with Gasteiger partial charge in [0.15, 0.2) is 0 Å². The number of aryl methyl sites for hydroxylation is 1. The van der Waals surface area contributed by atoms with Crippen LogP contribution in [0.3, 0.4) is 0 Å². The highest BCUT2D eigenvalue weighted by molar-refractivity contribution is 9.10. The van der Waals surface area contributed by atoms with Crippen molar-refractivity contribution in [3.63, 3.8) is 0 Å². The molecule has 0 radical (unpaired) electrons. The first-order valence-corrected chi connectivity index (χ1v) is 11.1. The second-order valence-electron chi connectivity index (χ2n) is 6.23. The molecule has 0 atom stereocenters. The summed E-state index contributed by atoms with van der Waals surface area (Å²) in [5, 5.41) is 1.30. The molecule has 0 aliphatic heterocycles. The van der Waals surface area contributed by atoms with Crippen molar-refractivity contribution in [2.24, 2.45) is 0 Å². The van der Waals surface area contributed by atoms with Crippen LogP contribution in [0.1, 0.15) is 11.8 Å². The number of methoxy groups -OCH3 is 2. The summed E-state index contributed by atoms with van der Waals surface area (Å²) in [6.07, 6.45) is 0.916. The van der Waals surface area contributed by atoms with Gasteiger partial charge in [0.1, 0.15) is 10.6 Å². The van der Waals surface area contributed by atoms with Gasteiger partial charge in [-0.15, -0.1) is 11.3 Å².